The van der Waals surface area contributed by atoms with Crippen LogP contribution in [0.5, 0.6) is 0 Å². The Hall–Kier alpha value is -1.51. The van der Waals surface area contributed by atoms with Crippen LogP contribution < -0.4 is 5.32 Å². The lowest BCUT2D eigenvalue weighted by atomic mass is 10.1. The minimum Gasteiger partial charge on any atom is -0.335 e. The molecule has 0 atom stereocenters. The van der Waals surface area contributed by atoms with Crippen molar-refractivity contribution in [3.05, 3.63) is 35.9 Å². The number of hydrogen-bond donors (Lipinski definition) is 1. The van der Waals surface area contributed by atoms with Crippen molar-refractivity contribution < 1.29 is 4.79 Å². The summed E-state index contributed by atoms with van der Waals surface area (Å²) < 4.78 is 0. The molecule has 1 N–H and O–H groups in total. The molecule has 3 nitrogen and oxygen atoms in total. The Bertz CT molecular complexity index is 371. The summed E-state index contributed by atoms with van der Waals surface area (Å²) in [5.74, 6) is 0. The second kappa shape index (κ2) is 6.43. The maximum absolute atomic E-state index is 11.9. The van der Waals surface area contributed by atoms with Crippen LogP contribution in [0.2, 0.25) is 0 Å². The molecule has 1 aliphatic rings. The number of nitrogens with zero attached hydrogens (tertiary/aromatic N) is 1. The molecule has 1 aromatic carbocycles. The average Bonchev–Trinajstić information content (AvgIpc) is 2.90. The first-order valence-electron chi connectivity index (χ1n) is 6.81. The maximum atomic E-state index is 11.9. The fourth-order valence-electron chi connectivity index (χ4n) is 2.40. The summed E-state index contributed by atoms with van der Waals surface area (Å²) in [6.45, 7) is 0.766. The molecule has 3 heteroatoms. The summed E-state index contributed by atoms with van der Waals surface area (Å²) in [6, 6.07) is 10.8. The van der Waals surface area contributed by atoms with E-state index < -0.39 is 0 Å². The number of nitrogens with one attached hydrogen (secondary N) is 1. The molecule has 1 saturated carbocycles. The van der Waals surface area contributed by atoms with E-state index in [1.54, 1.807) is 4.90 Å². The Kier molecular flexibility index (Phi) is 4.62. The van der Waals surface area contributed by atoms with Gasteiger partial charge in [-0.05, 0) is 24.8 Å². The van der Waals surface area contributed by atoms with Gasteiger partial charge in [-0.1, -0.05) is 43.2 Å². The van der Waals surface area contributed by atoms with Gasteiger partial charge in [0.2, 0.25) is 0 Å². The summed E-state index contributed by atoms with van der Waals surface area (Å²) in [5, 5.41) is 3.10. The zero-order valence-corrected chi connectivity index (χ0v) is 11.1. The topological polar surface area (TPSA) is 32.3 Å². The quantitative estimate of drug-likeness (QED) is 0.870. The Morgan fingerprint density at radius 1 is 1.28 bits per heavy atom. The van der Waals surface area contributed by atoms with Gasteiger partial charge in [-0.15, -0.1) is 0 Å². The van der Waals surface area contributed by atoms with Gasteiger partial charge in [-0.3, -0.25) is 0 Å². The summed E-state index contributed by atoms with van der Waals surface area (Å²) >= 11 is 0. The number of urea groups is 1. The summed E-state index contributed by atoms with van der Waals surface area (Å²) in [7, 11) is 1.87. The van der Waals surface area contributed by atoms with Crippen LogP contribution >= 0.6 is 0 Å². The molecule has 0 aliphatic heterocycles. The second-order valence-corrected chi connectivity index (χ2v) is 5.09. The SMILES string of the molecule is CN(CCc1ccccc1)C(=O)NC1CCCC1. The lowest BCUT2D eigenvalue weighted by Gasteiger charge is -2.21. The van der Waals surface area contributed by atoms with Crippen molar-refractivity contribution in [1.82, 2.24) is 10.2 Å². The second-order valence-electron chi connectivity index (χ2n) is 5.09. The van der Waals surface area contributed by atoms with E-state index in [9.17, 15) is 4.79 Å². The average molecular weight is 246 g/mol. The lowest BCUT2D eigenvalue weighted by molar-refractivity contribution is 0.205. The zero-order chi connectivity index (χ0) is 12.8. The van der Waals surface area contributed by atoms with Gasteiger partial charge in [0, 0.05) is 19.6 Å². The predicted molar refractivity (Wildman–Crippen MR) is 73.6 cm³/mol. The van der Waals surface area contributed by atoms with E-state index in [0.29, 0.717) is 6.04 Å². The van der Waals surface area contributed by atoms with E-state index in [4.69, 9.17) is 0 Å². The van der Waals surface area contributed by atoms with Crippen LogP contribution in [0.4, 0.5) is 4.79 Å². The third kappa shape index (κ3) is 3.76. The minimum absolute atomic E-state index is 0.0674. The smallest absolute Gasteiger partial charge is 0.317 e. The van der Waals surface area contributed by atoms with E-state index in [2.05, 4.69) is 17.4 Å². The zero-order valence-electron chi connectivity index (χ0n) is 11.1. The van der Waals surface area contributed by atoms with Crippen LogP contribution in [0.1, 0.15) is 31.2 Å². The number of likely N-dealkylation sites (N-methyl/N-ethyl adjacent to an activating group) is 1. The number of hydrogen-bond acceptors (Lipinski definition) is 1. The van der Waals surface area contributed by atoms with E-state index >= 15 is 0 Å². The van der Waals surface area contributed by atoms with Crippen molar-refractivity contribution in [1.29, 1.82) is 0 Å². The molecule has 0 bridgehead atoms. The summed E-state index contributed by atoms with van der Waals surface area (Å²) in [4.78, 5) is 13.7. The molecular formula is C15H22N2O. The minimum atomic E-state index is 0.0674. The maximum Gasteiger partial charge on any atom is 0.317 e. The van der Waals surface area contributed by atoms with Gasteiger partial charge >= 0.3 is 6.03 Å². The fraction of sp³-hybridized carbons (Fsp3) is 0.533. The Morgan fingerprint density at radius 2 is 1.94 bits per heavy atom. The van der Waals surface area contributed by atoms with Crippen molar-refractivity contribution >= 4 is 6.03 Å². The molecule has 0 spiro atoms. The van der Waals surface area contributed by atoms with Crippen LogP contribution in [0, 0.1) is 0 Å². The highest BCUT2D eigenvalue weighted by Crippen LogP contribution is 2.17. The summed E-state index contributed by atoms with van der Waals surface area (Å²) in [6.07, 6.45) is 5.68. The van der Waals surface area contributed by atoms with Crippen LogP contribution in [-0.2, 0) is 6.42 Å². The fourth-order valence-corrected chi connectivity index (χ4v) is 2.40. The molecule has 1 fully saturated rings. The van der Waals surface area contributed by atoms with Crippen molar-refractivity contribution in [2.45, 2.75) is 38.1 Å². The first kappa shape index (κ1) is 12.9. The molecule has 98 valence electrons. The van der Waals surface area contributed by atoms with Gasteiger partial charge in [0.25, 0.3) is 0 Å². The molecular weight excluding hydrogens is 224 g/mol. The monoisotopic (exact) mass is 246 g/mol. The Labute approximate surface area is 109 Å². The summed E-state index contributed by atoms with van der Waals surface area (Å²) in [5.41, 5.74) is 1.28. The molecule has 2 amide bonds. The number of carbonyl (C=O) groups excluding carboxylic acids is 1. The molecule has 18 heavy (non-hydrogen) atoms. The highest BCUT2D eigenvalue weighted by atomic mass is 16.2. The van der Waals surface area contributed by atoms with Crippen LogP contribution in [0.3, 0.4) is 0 Å². The lowest BCUT2D eigenvalue weighted by Crippen LogP contribution is -2.42. The highest BCUT2D eigenvalue weighted by molar-refractivity contribution is 5.74. The van der Waals surface area contributed by atoms with Crippen LogP contribution in [-0.4, -0.2) is 30.6 Å². The van der Waals surface area contributed by atoms with E-state index in [-0.39, 0.29) is 6.03 Å². The van der Waals surface area contributed by atoms with Crippen LogP contribution in [0.25, 0.3) is 0 Å². The van der Waals surface area contributed by atoms with Crippen LogP contribution in [0.15, 0.2) is 30.3 Å². The normalized spacial score (nSPS) is 15.6. The first-order chi connectivity index (χ1) is 8.75. The third-order valence-electron chi connectivity index (χ3n) is 3.61. The molecule has 1 aromatic rings. The molecule has 2 rings (SSSR count). The molecule has 0 unspecified atom stereocenters. The Morgan fingerprint density at radius 3 is 2.61 bits per heavy atom. The Balaban J connectivity index is 1.73. The molecule has 1 aliphatic carbocycles. The van der Waals surface area contributed by atoms with Gasteiger partial charge in [0.15, 0.2) is 0 Å². The number of rotatable bonds is 4. The largest absolute Gasteiger partial charge is 0.335 e. The third-order valence-corrected chi connectivity index (χ3v) is 3.61. The van der Waals surface area contributed by atoms with Gasteiger partial charge in [-0.25, -0.2) is 4.79 Å². The number of amides is 2. The van der Waals surface area contributed by atoms with Gasteiger partial charge < -0.3 is 10.2 Å². The number of benzene rings is 1. The van der Waals surface area contributed by atoms with Crippen molar-refractivity contribution in [3.63, 3.8) is 0 Å². The van der Waals surface area contributed by atoms with Crippen molar-refractivity contribution in [2.75, 3.05) is 13.6 Å². The molecule has 0 saturated heterocycles. The molecule has 0 heterocycles. The molecule has 0 radical (unpaired) electrons. The molecule has 0 aromatic heterocycles. The van der Waals surface area contributed by atoms with E-state index in [1.807, 2.05) is 25.2 Å². The number of carbonyl (C=O) groups is 1. The van der Waals surface area contributed by atoms with Crippen molar-refractivity contribution in [2.24, 2.45) is 0 Å². The van der Waals surface area contributed by atoms with E-state index in [0.717, 1.165) is 25.8 Å². The first-order valence-corrected chi connectivity index (χ1v) is 6.81. The predicted octanol–water partition coefficient (Wildman–Crippen LogP) is 2.81. The highest BCUT2D eigenvalue weighted by Gasteiger charge is 2.18. The van der Waals surface area contributed by atoms with Gasteiger partial charge in [0.1, 0.15) is 0 Å². The standard InChI is InChI=1S/C15H22N2O/c1-17(12-11-13-7-3-2-4-8-13)15(18)16-14-9-5-6-10-14/h2-4,7-8,14H,5-6,9-12H2,1H3,(H,16,18). The van der Waals surface area contributed by atoms with Crippen molar-refractivity contribution in [3.8, 4) is 0 Å². The van der Waals surface area contributed by atoms with E-state index in [1.165, 1.54) is 18.4 Å². The van der Waals surface area contributed by atoms with Gasteiger partial charge in [0.05, 0.1) is 0 Å². The van der Waals surface area contributed by atoms with Gasteiger partial charge in [-0.2, -0.15) is 0 Å².